The third-order valence-electron chi connectivity index (χ3n) is 2.82. The minimum absolute atomic E-state index is 0.0191. The Balaban J connectivity index is 2.09. The lowest BCUT2D eigenvalue weighted by Crippen LogP contribution is -2.36. The average Bonchev–Trinajstić information content (AvgIpc) is 2.48. The summed E-state index contributed by atoms with van der Waals surface area (Å²) < 4.78 is 11.8. The van der Waals surface area contributed by atoms with Gasteiger partial charge in [-0.15, -0.1) is 0 Å². The van der Waals surface area contributed by atoms with E-state index in [1.165, 1.54) is 0 Å². The van der Waals surface area contributed by atoms with E-state index in [4.69, 9.17) is 0 Å². The topological polar surface area (TPSA) is 58.2 Å². The number of nitrogens with one attached hydrogen (secondary N) is 2. The molecule has 0 unspecified atom stereocenters. The fourth-order valence-corrected chi connectivity index (χ4v) is 1.68. The lowest BCUT2D eigenvalue weighted by molar-refractivity contribution is -0.126. The quantitative estimate of drug-likeness (QED) is 0.679. The summed E-state index contributed by atoms with van der Waals surface area (Å²) in [5.41, 5.74) is 1.01. The van der Waals surface area contributed by atoms with Crippen molar-refractivity contribution in [2.45, 2.75) is 32.2 Å². The van der Waals surface area contributed by atoms with Gasteiger partial charge in [-0.05, 0) is 18.4 Å². The molecule has 0 saturated heterocycles. The number of benzene rings is 1. The second-order valence-corrected chi connectivity index (χ2v) is 4.54. The van der Waals surface area contributed by atoms with Crippen LogP contribution in [0.15, 0.2) is 30.3 Å². The van der Waals surface area contributed by atoms with Gasteiger partial charge >= 0.3 is 0 Å². The molecule has 0 saturated carbocycles. The molecule has 0 atom stereocenters. The van der Waals surface area contributed by atoms with Gasteiger partial charge in [-0.1, -0.05) is 36.8 Å². The molecule has 5 heteroatoms. The van der Waals surface area contributed by atoms with Gasteiger partial charge in [-0.2, -0.15) is 0 Å². The smallest absolute Gasteiger partial charge is 0.239 e. The Hall–Kier alpha value is -1.91. The van der Waals surface area contributed by atoms with Crippen LogP contribution >= 0.6 is 0 Å². The SMILES string of the molecule is O=C(CCCCC[18F])NCC(=O)NCc1ccccc1. The van der Waals surface area contributed by atoms with Crippen molar-refractivity contribution in [3.05, 3.63) is 35.9 Å². The largest absolute Gasteiger partial charge is 0.350 e. The van der Waals surface area contributed by atoms with Crippen LogP contribution in [0, 0.1) is 0 Å². The lowest BCUT2D eigenvalue weighted by atomic mass is 10.2. The molecular weight excluding hydrogens is 258 g/mol. The van der Waals surface area contributed by atoms with Crippen LogP contribution in [0.2, 0.25) is 0 Å². The van der Waals surface area contributed by atoms with Crippen molar-refractivity contribution in [1.29, 1.82) is 0 Å². The molecule has 0 spiro atoms. The van der Waals surface area contributed by atoms with Gasteiger partial charge in [0.1, 0.15) is 0 Å². The maximum absolute atomic E-state index is 11.8. The van der Waals surface area contributed by atoms with Crippen molar-refractivity contribution >= 4 is 11.8 Å². The molecule has 0 bridgehead atoms. The molecule has 1 aromatic rings. The Kier molecular flexibility index (Phi) is 8.03. The number of unbranched alkanes of at least 4 members (excludes halogenated alkanes) is 2. The van der Waals surface area contributed by atoms with Gasteiger partial charge in [-0.25, -0.2) is 0 Å². The molecule has 0 aliphatic carbocycles. The number of halogens is 1. The number of hydrogen-bond acceptors (Lipinski definition) is 2. The molecule has 1 rings (SSSR count). The highest BCUT2D eigenvalue weighted by atomic mass is 18.2. The molecule has 0 aromatic heterocycles. The first-order valence-electron chi connectivity index (χ1n) is 6.85. The van der Waals surface area contributed by atoms with Gasteiger partial charge in [0.05, 0.1) is 13.2 Å². The standard InChI is InChI=1S/C15H21FN2O2/c16-10-6-2-5-9-14(19)18-12-15(20)17-11-13-7-3-1-4-8-13/h1,3-4,7-8H,2,5-6,9-12H2,(H,17,20)(H,18,19)/i16-1. The average molecular weight is 279 g/mol. The van der Waals surface area contributed by atoms with Crippen LogP contribution in [0.1, 0.15) is 31.2 Å². The summed E-state index contributed by atoms with van der Waals surface area (Å²) in [6.45, 7) is 0.0876. The zero-order valence-corrected chi connectivity index (χ0v) is 11.5. The molecule has 0 fully saturated rings. The first-order valence-corrected chi connectivity index (χ1v) is 6.85. The van der Waals surface area contributed by atoms with E-state index in [-0.39, 0.29) is 25.0 Å². The molecule has 0 heterocycles. The molecule has 0 aliphatic heterocycles. The van der Waals surface area contributed by atoms with Crippen LogP contribution in [0.25, 0.3) is 0 Å². The highest BCUT2D eigenvalue weighted by Crippen LogP contribution is 1.99. The second-order valence-electron chi connectivity index (χ2n) is 4.54. The minimum Gasteiger partial charge on any atom is -0.350 e. The molecule has 110 valence electrons. The van der Waals surface area contributed by atoms with Gasteiger partial charge < -0.3 is 10.6 Å². The van der Waals surface area contributed by atoms with Crippen molar-refractivity contribution in [2.24, 2.45) is 0 Å². The number of rotatable bonds is 9. The van der Waals surface area contributed by atoms with Gasteiger partial charge in [0.25, 0.3) is 0 Å². The van der Waals surface area contributed by atoms with E-state index >= 15 is 0 Å². The summed E-state index contributed by atoms with van der Waals surface area (Å²) in [5.74, 6) is -0.385. The number of carbonyl (C=O) groups excluding carboxylic acids is 2. The molecule has 2 amide bonds. The molecule has 20 heavy (non-hydrogen) atoms. The third-order valence-corrected chi connectivity index (χ3v) is 2.82. The van der Waals surface area contributed by atoms with Crippen LogP contribution in [0.5, 0.6) is 0 Å². The van der Waals surface area contributed by atoms with E-state index in [0.29, 0.717) is 32.2 Å². The summed E-state index contributed by atoms with van der Waals surface area (Å²) in [6, 6.07) is 9.56. The number of hydrogen-bond donors (Lipinski definition) is 2. The maximum atomic E-state index is 11.8. The normalized spacial score (nSPS) is 10.1. The number of amides is 2. The molecule has 2 N–H and O–H groups in total. The maximum Gasteiger partial charge on any atom is 0.239 e. The third kappa shape index (κ3) is 7.51. The highest BCUT2D eigenvalue weighted by Gasteiger charge is 2.05. The molecule has 0 radical (unpaired) electrons. The van der Waals surface area contributed by atoms with Gasteiger partial charge in [0.2, 0.25) is 11.8 Å². The first-order chi connectivity index (χ1) is 9.72. The zero-order chi connectivity index (χ0) is 14.6. The Bertz CT molecular complexity index is 410. The minimum atomic E-state index is -0.344. The van der Waals surface area contributed by atoms with E-state index in [9.17, 15) is 14.0 Å². The monoisotopic (exact) mass is 279 g/mol. The van der Waals surface area contributed by atoms with Crippen molar-refractivity contribution in [2.75, 3.05) is 13.2 Å². The summed E-state index contributed by atoms with van der Waals surface area (Å²) in [7, 11) is 0. The highest BCUT2D eigenvalue weighted by molar-refractivity contribution is 5.84. The molecule has 4 nitrogen and oxygen atoms in total. The Morgan fingerprint density at radius 1 is 0.950 bits per heavy atom. The van der Waals surface area contributed by atoms with Crippen LogP contribution in [-0.2, 0) is 16.1 Å². The Morgan fingerprint density at radius 3 is 2.40 bits per heavy atom. The van der Waals surface area contributed by atoms with Crippen LogP contribution in [-0.4, -0.2) is 25.0 Å². The predicted molar refractivity (Wildman–Crippen MR) is 75.7 cm³/mol. The fraction of sp³-hybridized carbons (Fsp3) is 0.467. The second kappa shape index (κ2) is 9.95. The summed E-state index contributed by atoms with van der Waals surface area (Å²) in [5, 5.41) is 5.28. The Morgan fingerprint density at radius 2 is 1.70 bits per heavy atom. The van der Waals surface area contributed by atoms with Crippen LogP contribution in [0.3, 0.4) is 0 Å². The number of carbonyl (C=O) groups is 2. The van der Waals surface area contributed by atoms with Crippen LogP contribution < -0.4 is 10.6 Å². The van der Waals surface area contributed by atoms with E-state index in [0.717, 1.165) is 5.56 Å². The van der Waals surface area contributed by atoms with E-state index in [1.54, 1.807) is 0 Å². The Labute approximate surface area is 118 Å². The summed E-state index contributed by atoms with van der Waals surface area (Å²) in [4.78, 5) is 22.9. The molecule has 0 aliphatic rings. The van der Waals surface area contributed by atoms with Crippen molar-refractivity contribution in [3.63, 3.8) is 0 Å². The summed E-state index contributed by atoms with van der Waals surface area (Å²) in [6.07, 6.45) is 2.18. The molecular formula is C15H21FN2O2. The van der Waals surface area contributed by atoms with Crippen LogP contribution in [0.4, 0.5) is 4.39 Å². The van der Waals surface area contributed by atoms with Crippen molar-refractivity contribution < 1.29 is 14.0 Å². The van der Waals surface area contributed by atoms with E-state index in [1.807, 2.05) is 30.3 Å². The van der Waals surface area contributed by atoms with E-state index in [2.05, 4.69) is 10.6 Å². The van der Waals surface area contributed by atoms with Gasteiger partial charge in [0.15, 0.2) is 0 Å². The lowest BCUT2D eigenvalue weighted by Gasteiger charge is -2.07. The van der Waals surface area contributed by atoms with E-state index < -0.39 is 0 Å². The first kappa shape index (κ1) is 16.1. The zero-order valence-electron chi connectivity index (χ0n) is 11.5. The predicted octanol–water partition coefficient (Wildman–Crippen LogP) is 1.95. The van der Waals surface area contributed by atoms with Gasteiger partial charge in [0, 0.05) is 13.0 Å². The number of alkyl halides is 1. The fourth-order valence-electron chi connectivity index (χ4n) is 1.68. The van der Waals surface area contributed by atoms with Gasteiger partial charge in [-0.3, -0.25) is 14.0 Å². The van der Waals surface area contributed by atoms with Crippen molar-refractivity contribution in [1.82, 2.24) is 10.6 Å². The molecule has 1 aromatic carbocycles. The summed E-state index contributed by atoms with van der Waals surface area (Å²) >= 11 is 0. The van der Waals surface area contributed by atoms with Crippen molar-refractivity contribution in [3.8, 4) is 0 Å².